The molecule has 0 aromatic heterocycles. The second kappa shape index (κ2) is 9.13. The van der Waals surface area contributed by atoms with Gasteiger partial charge in [-0.25, -0.2) is 13.4 Å². The highest BCUT2D eigenvalue weighted by atomic mass is 79.9. The third-order valence-corrected chi connectivity index (χ3v) is 7.98. The molecule has 0 aliphatic carbocycles. The van der Waals surface area contributed by atoms with Crippen molar-refractivity contribution in [2.45, 2.75) is 24.7 Å². The average molecular weight is 519 g/mol. The minimum Gasteiger partial charge on any atom is -0.335 e. The molecule has 2 aliphatic rings. The van der Waals surface area contributed by atoms with Gasteiger partial charge in [0.15, 0.2) is 0 Å². The molecule has 8 nitrogen and oxygen atoms in total. The number of carbonyl (C=O) groups excluding carboxylic acids is 2. The molecule has 10 heteroatoms. The van der Waals surface area contributed by atoms with E-state index < -0.39 is 10.0 Å². The number of amides is 2. The third-order valence-electron chi connectivity index (χ3n) is 5.54. The van der Waals surface area contributed by atoms with Crippen LogP contribution >= 0.6 is 15.9 Å². The first-order chi connectivity index (χ1) is 15.3. The van der Waals surface area contributed by atoms with Crippen LogP contribution in [0.2, 0.25) is 0 Å². The lowest BCUT2D eigenvalue weighted by atomic mass is 10.1. The average Bonchev–Trinajstić information content (AvgIpc) is 2.80. The molecular formula is C22H23BrN4O4S. The van der Waals surface area contributed by atoms with E-state index in [2.05, 4.69) is 21.0 Å². The van der Waals surface area contributed by atoms with Crippen LogP contribution in [0.25, 0.3) is 0 Å². The number of nitrogens with zero attached hydrogens (tertiary/aromatic N) is 4. The van der Waals surface area contributed by atoms with Crippen molar-refractivity contribution in [1.29, 1.82) is 0 Å². The van der Waals surface area contributed by atoms with Crippen molar-refractivity contribution in [3.05, 3.63) is 58.6 Å². The van der Waals surface area contributed by atoms with E-state index in [1.165, 1.54) is 9.31 Å². The number of hydrogen-bond acceptors (Lipinski definition) is 5. The Morgan fingerprint density at radius 3 is 2.19 bits per heavy atom. The molecule has 1 saturated heterocycles. The number of hydrazone groups is 1. The van der Waals surface area contributed by atoms with Gasteiger partial charge in [-0.3, -0.25) is 9.59 Å². The smallest absolute Gasteiger partial charge is 0.270 e. The molecule has 2 aromatic carbocycles. The Morgan fingerprint density at radius 1 is 0.938 bits per heavy atom. The fourth-order valence-corrected chi connectivity index (χ4v) is 5.35. The lowest BCUT2D eigenvalue weighted by molar-refractivity contribution is -0.125. The Balaban J connectivity index is 1.45. The van der Waals surface area contributed by atoms with Gasteiger partial charge in [-0.05, 0) is 43.3 Å². The molecule has 0 atom stereocenters. The molecule has 32 heavy (non-hydrogen) atoms. The van der Waals surface area contributed by atoms with Gasteiger partial charge in [0.25, 0.3) is 5.91 Å². The van der Waals surface area contributed by atoms with Crippen molar-refractivity contribution >= 4 is 49.2 Å². The van der Waals surface area contributed by atoms with Gasteiger partial charge in [-0.15, -0.1) is 0 Å². The predicted molar refractivity (Wildman–Crippen MR) is 125 cm³/mol. The molecule has 0 radical (unpaired) electrons. The van der Waals surface area contributed by atoms with Gasteiger partial charge in [0.05, 0.1) is 10.6 Å². The number of benzene rings is 2. The number of hydrogen-bond donors (Lipinski definition) is 0. The number of anilines is 1. The van der Waals surface area contributed by atoms with Crippen molar-refractivity contribution in [2.24, 2.45) is 5.10 Å². The summed E-state index contributed by atoms with van der Waals surface area (Å²) in [4.78, 5) is 27.2. The molecule has 0 bridgehead atoms. The summed E-state index contributed by atoms with van der Waals surface area (Å²) < 4.78 is 28.1. The highest BCUT2D eigenvalue weighted by Crippen LogP contribution is 2.24. The summed E-state index contributed by atoms with van der Waals surface area (Å²) in [5, 5.41) is 5.59. The number of rotatable bonds is 4. The predicted octanol–water partition coefficient (Wildman–Crippen LogP) is 2.77. The zero-order chi connectivity index (χ0) is 22.9. The van der Waals surface area contributed by atoms with Crippen LogP contribution in [-0.2, 0) is 19.6 Å². The maximum atomic E-state index is 13.0. The summed E-state index contributed by atoms with van der Waals surface area (Å²) in [6, 6.07) is 13.9. The van der Waals surface area contributed by atoms with Gasteiger partial charge in [0.2, 0.25) is 15.9 Å². The van der Waals surface area contributed by atoms with E-state index in [1.807, 2.05) is 19.1 Å². The zero-order valence-corrected chi connectivity index (χ0v) is 20.0. The third kappa shape index (κ3) is 4.62. The molecule has 2 heterocycles. The van der Waals surface area contributed by atoms with E-state index in [1.54, 1.807) is 41.3 Å². The summed E-state index contributed by atoms with van der Waals surface area (Å²) in [5.74, 6) is -0.426. The van der Waals surface area contributed by atoms with Crippen LogP contribution in [0.15, 0.2) is 63.0 Å². The molecule has 2 aliphatic heterocycles. The van der Waals surface area contributed by atoms with Crippen LogP contribution in [0.5, 0.6) is 0 Å². The van der Waals surface area contributed by atoms with Gasteiger partial charge in [-0.1, -0.05) is 33.6 Å². The van der Waals surface area contributed by atoms with Gasteiger partial charge in [0.1, 0.15) is 5.71 Å². The van der Waals surface area contributed by atoms with Crippen molar-refractivity contribution < 1.29 is 18.0 Å². The Bertz CT molecular complexity index is 1160. The molecule has 0 saturated carbocycles. The maximum absolute atomic E-state index is 13.0. The van der Waals surface area contributed by atoms with Crippen molar-refractivity contribution in [3.63, 3.8) is 0 Å². The molecular weight excluding hydrogens is 496 g/mol. The lowest BCUT2D eigenvalue weighted by Gasteiger charge is -2.35. The highest BCUT2D eigenvalue weighted by molar-refractivity contribution is 9.10. The summed E-state index contributed by atoms with van der Waals surface area (Å²) >= 11 is 3.36. The largest absolute Gasteiger partial charge is 0.335 e. The standard InChI is InChI=1S/C22H23BrN4O4S/c1-16-2-8-19(9-3-16)32(30,31)26-14-12-25(13-15-26)22(29)20-10-11-21(28)27(24-20)18-6-4-17(23)5-7-18/h2-9H,10-15H2,1H3. The van der Waals surface area contributed by atoms with Crippen LogP contribution in [0, 0.1) is 6.92 Å². The number of carbonyl (C=O) groups is 2. The van der Waals surface area contributed by atoms with E-state index in [0.29, 0.717) is 11.4 Å². The van der Waals surface area contributed by atoms with Gasteiger partial charge in [0, 0.05) is 43.5 Å². The van der Waals surface area contributed by atoms with Crippen LogP contribution in [0.3, 0.4) is 0 Å². The fourth-order valence-electron chi connectivity index (χ4n) is 3.66. The minimum absolute atomic E-state index is 0.169. The van der Waals surface area contributed by atoms with Crippen LogP contribution in [0.1, 0.15) is 18.4 Å². The van der Waals surface area contributed by atoms with Crippen molar-refractivity contribution in [3.8, 4) is 0 Å². The molecule has 2 amide bonds. The van der Waals surface area contributed by atoms with E-state index in [9.17, 15) is 18.0 Å². The fraction of sp³-hybridized carbons (Fsp3) is 0.318. The first-order valence-electron chi connectivity index (χ1n) is 10.3. The lowest BCUT2D eigenvalue weighted by Crippen LogP contribution is -2.52. The van der Waals surface area contributed by atoms with Crippen molar-refractivity contribution in [2.75, 3.05) is 31.2 Å². The second-order valence-corrected chi connectivity index (χ2v) is 10.6. The number of sulfonamides is 1. The number of halogens is 1. The Morgan fingerprint density at radius 2 is 1.56 bits per heavy atom. The van der Waals surface area contributed by atoms with Crippen LogP contribution in [0.4, 0.5) is 5.69 Å². The summed E-state index contributed by atoms with van der Waals surface area (Å²) in [7, 11) is -3.60. The maximum Gasteiger partial charge on any atom is 0.270 e. The summed E-state index contributed by atoms with van der Waals surface area (Å²) in [6.45, 7) is 2.87. The van der Waals surface area contributed by atoms with E-state index in [0.717, 1.165) is 10.0 Å². The Kier molecular flexibility index (Phi) is 6.45. The first-order valence-corrected chi connectivity index (χ1v) is 12.5. The molecule has 0 unspecified atom stereocenters. The summed E-state index contributed by atoms with van der Waals surface area (Å²) in [5.41, 5.74) is 1.89. The zero-order valence-electron chi connectivity index (χ0n) is 17.6. The second-order valence-electron chi connectivity index (χ2n) is 7.74. The first kappa shape index (κ1) is 22.6. The van der Waals surface area contributed by atoms with Gasteiger partial charge in [-0.2, -0.15) is 9.41 Å². The topological polar surface area (TPSA) is 90.4 Å². The monoisotopic (exact) mass is 518 g/mol. The number of aryl methyl sites for hydroxylation is 1. The normalized spacial score (nSPS) is 17.9. The quantitative estimate of drug-likeness (QED) is 0.622. The molecule has 2 aromatic rings. The Hall–Kier alpha value is -2.56. The van der Waals surface area contributed by atoms with Crippen molar-refractivity contribution in [1.82, 2.24) is 9.21 Å². The Labute approximate surface area is 195 Å². The van der Waals surface area contributed by atoms with Gasteiger partial charge >= 0.3 is 0 Å². The van der Waals surface area contributed by atoms with Crippen LogP contribution < -0.4 is 5.01 Å². The van der Waals surface area contributed by atoms with E-state index in [4.69, 9.17) is 0 Å². The van der Waals surface area contributed by atoms with Gasteiger partial charge < -0.3 is 4.90 Å². The van der Waals surface area contributed by atoms with Crippen LogP contribution in [-0.4, -0.2) is 61.3 Å². The molecule has 0 spiro atoms. The minimum atomic E-state index is -3.60. The molecule has 0 N–H and O–H groups in total. The number of piperazine rings is 1. The van der Waals surface area contributed by atoms with E-state index in [-0.39, 0.29) is 55.7 Å². The summed E-state index contributed by atoms with van der Waals surface area (Å²) in [6.07, 6.45) is 0.467. The molecule has 1 fully saturated rings. The van der Waals surface area contributed by atoms with E-state index >= 15 is 0 Å². The molecule has 4 rings (SSSR count). The molecule has 168 valence electrons. The SMILES string of the molecule is Cc1ccc(S(=O)(=O)N2CCN(C(=O)C3=NN(c4ccc(Br)cc4)C(=O)CC3)CC2)cc1. The highest BCUT2D eigenvalue weighted by Gasteiger charge is 2.33.